The number of alkyl halides is 3. The van der Waals surface area contributed by atoms with Gasteiger partial charge in [-0.05, 0) is 24.6 Å². The minimum atomic E-state index is -4.30. The van der Waals surface area contributed by atoms with Gasteiger partial charge in [0.05, 0.1) is 5.02 Å². The smallest absolute Gasteiger partial charge is 0.389 e. The highest BCUT2D eigenvalue weighted by Crippen LogP contribution is 2.24. The highest BCUT2D eigenvalue weighted by Gasteiger charge is 2.26. The molecule has 0 heterocycles. The van der Waals surface area contributed by atoms with Gasteiger partial charge in [-0.3, -0.25) is 0 Å². The summed E-state index contributed by atoms with van der Waals surface area (Å²) in [7, 11) is -3.93. The molecule has 0 aliphatic heterocycles. The monoisotopic (exact) mass is 316 g/mol. The maximum absolute atomic E-state index is 11.9. The fraction of sp³-hybridized carbons (Fsp3) is 0.400. The molecule has 0 aromatic heterocycles. The molecule has 3 N–H and O–H groups in total. The number of anilines is 1. The van der Waals surface area contributed by atoms with Crippen LogP contribution in [-0.4, -0.2) is 21.1 Å². The molecule has 0 aliphatic rings. The van der Waals surface area contributed by atoms with E-state index < -0.39 is 22.6 Å². The first kappa shape index (κ1) is 16.1. The van der Waals surface area contributed by atoms with E-state index in [-0.39, 0.29) is 22.9 Å². The van der Waals surface area contributed by atoms with E-state index in [1.807, 2.05) is 0 Å². The Kier molecular flexibility index (Phi) is 5.05. The zero-order valence-electron chi connectivity index (χ0n) is 9.67. The molecule has 0 atom stereocenters. The van der Waals surface area contributed by atoms with Gasteiger partial charge in [-0.1, -0.05) is 11.6 Å². The van der Waals surface area contributed by atoms with Gasteiger partial charge in [-0.2, -0.15) is 13.2 Å². The number of rotatable bonds is 5. The Labute approximate surface area is 113 Å². The summed E-state index contributed by atoms with van der Waals surface area (Å²) in [6, 6.07) is 3.80. The third kappa shape index (κ3) is 5.25. The summed E-state index contributed by atoms with van der Waals surface area (Å²) in [6.45, 7) is -0.317. The fourth-order valence-electron chi connectivity index (χ4n) is 1.31. The molecule has 1 aromatic rings. The van der Waals surface area contributed by atoms with E-state index in [1.54, 1.807) is 0 Å². The molecule has 0 amide bonds. The summed E-state index contributed by atoms with van der Waals surface area (Å²) in [5.74, 6) is 0. The van der Waals surface area contributed by atoms with E-state index in [0.29, 0.717) is 5.69 Å². The summed E-state index contributed by atoms with van der Waals surface area (Å²) in [4.78, 5) is -0.213. The number of nitrogens with two attached hydrogens (primary N) is 1. The van der Waals surface area contributed by atoms with Crippen LogP contribution in [0.15, 0.2) is 23.1 Å². The lowest BCUT2D eigenvalue weighted by atomic mass is 10.3. The number of sulfonamides is 1. The number of nitrogen functional groups attached to an aromatic ring is 1. The second kappa shape index (κ2) is 5.98. The summed E-state index contributed by atoms with van der Waals surface area (Å²) >= 11 is 5.72. The molecule has 108 valence electrons. The van der Waals surface area contributed by atoms with Crippen LogP contribution in [0.3, 0.4) is 0 Å². The summed E-state index contributed by atoms with van der Waals surface area (Å²) < 4.78 is 61.3. The molecule has 1 rings (SSSR count). The summed E-state index contributed by atoms with van der Waals surface area (Å²) in [6.07, 6.45) is -5.69. The Morgan fingerprint density at radius 1 is 1.32 bits per heavy atom. The fourth-order valence-corrected chi connectivity index (χ4v) is 2.93. The summed E-state index contributed by atoms with van der Waals surface area (Å²) in [5, 5.41) is -0.0803. The second-order valence-electron chi connectivity index (χ2n) is 3.81. The van der Waals surface area contributed by atoms with Gasteiger partial charge in [-0.15, -0.1) is 0 Å². The number of hydrogen-bond acceptors (Lipinski definition) is 3. The SMILES string of the molecule is Nc1ccc(S(=O)(=O)NCCCC(F)(F)F)c(Cl)c1. The molecule has 0 bridgehead atoms. The molecule has 0 spiro atoms. The molecule has 0 saturated carbocycles. The number of hydrogen-bond donors (Lipinski definition) is 2. The maximum atomic E-state index is 11.9. The molecular weight excluding hydrogens is 305 g/mol. The lowest BCUT2D eigenvalue weighted by Crippen LogP contribution is -2.26. The number of halogens is 4. The maximum Gasteiger partial charge on any atom is 0.389 e. The van der Waals surface area contributed by atoms with Gasteiger partial charge in [0, 0.05) is 18.7 Å². The van der Waals surface area contributed by atoms with Crippen LogP contribution in [-0.2, 0) is 10.0 Å². The van der Waals surface area contributed by atoms with Crippen molar-refractivity contribution in [3.63, 3.8) is 0 Å². The molecular formula is C10H12ClF3N2O2S. The first-order valence-corrected chi connectivity index (χ1v) is 7.09. The molecule has 0 fully saturated rings. The number of nitrogens with one attached hydrogen (secondary N) is 1. The molecule has 0 unspecified atom stereocenters. The zero-order chi connectivity index (χ0) is 14.7. The van der Waals surface area contributed by atoms with Crippen LogP contribution in [0.4, 0.5) is 18.9 Å². The first-order chi connectivity index (χ1) is 8.62. The Bertz CT molecular complexity index is 546. The van der Waals surface area contributed by atoms with Crippen molar-refractivity contribution in [3.05, 3.63) is 23.2 Å². The molecule has 0 saturated heterocycles. The van der Waals surface area contributed by atoms with E-state index in [0.717, 1.165) is 0 Å². The van der Waals surface area contributed by atoms with Crippen molar-refractivity contribution in [1.82, 2.24) is 4.72 Å². The molecule has 9 heteroatoms. The van der Waals surface area contributed by atoms with E-state index in [1.165, 1.54) is 18.2 Å². The largest absolute Gasteiger partial charge is 0.399 e. The molecule has 4 nitrogen and oxygen atoms in total. The third-order valence-electron chi connectivity index (χ3n) is 2.17. The lowest BCUT2D eigenvalue weighted by molar-refractivity contribution is -0.135. The minimum Gasteiger partial charge on any atom is -0.399 e. The van der Waals surface area contributed by atoms with Gasteiger partial charge >= 0.3 is 6.18 Å². The Hall–Kier alpha value is -0.990. The van der Waals surface area contributed by atoms with Crippen molar-refractivity contribution in [2.45, 2.75) is 23.9 Å². The Morgan fingerprint density at radius 3 is 2.47 bits per heavy atom. The van der Waals surface area contributed by atoms with E-state index >= 15 is 0 Å². The van der Waals surface area contributed by atoms with Gasteiger partial charge in [-0.25, -0.2) is 13.1 Å². The van der Waals surface area contributed by atoms with Crippen molar-refractivity contribution in [2.24, 2.45) is 0 Å². The zero-order valence-corrected chi connectivity index (χ0v) is 11.2. The third-order valence-corrected chi connectivity index (χ3v) is 4.12. The van der Waals surface area contributed by atoms with Gasteiger partial charge in [0.2, 0.25) is 10.0 Å². The van der Waals surface area contributed by atoms with Crippen LogP contribution in [0.25, 0.3) is 0 Å². The summed E-state index contributed by atoms with van der Waals surface area (Å²) in [5.41, 5.74) is 5.71. The van der Waals surface area contributed by atoms with Crippen molar-refractivity contribution in [3.8, 4) is 0 Å². The van der Waals surface area contributed by atoms with Crippen LogP contribution in [0, 0.1) is 0 Å². The Morgan fingerprint density at radius 2 is 1.95 bits per heavy atom. The van der Waals surface area contributed by atoms with Crippen LogP contribution in [0.1, 0.15) is 12.8 Å². The molecule has 0 radical (unpaired) electrons. The van der Waals surface area contributed by atoms with Gasteiger partial charge < -0.3 is 5.73 Å². The van der Waals surface area contributed by atoms with E-state index in [2.05, 4.69) is 4.72 Å². The van der Waals surface area contributed by atoms with Crippen LogP contribution in [0.5, 0.6) is 0 Å². The van der Waals surface area contributed by atoms with Crippen molar-refractivity contribution in [1.29, 1.82) is 0 Å². The second-order valence-corrected chi connectivity index (χ2v) is 5.95. The average molecular weight is 317 g/mol. The highest BCUT2D eigenvalue weighted by molar-refractivity contribution is 7.89. The van der Waals surface area contributed by atoms with Gasteiger partial charge in [0.15, 0.2) is 0 Å². The molecule has 0 aliphatic carbocycles. The average Bonchev–Trinajstić information content (AvgIpc) is 2.22. The molecule has 19 heavy (non-hydrogen) atoms. The van der Waals surface area contributed by atoms with Crippen molar-refractivity contribution in [2.75, 3.05) is 12.3 Å². The predicted molar refractivity (Wildman–Crippen MR) is 66.3 cm³/mol. The van der Waals surface area contributed by atoms with E-state index in [9.17, 15) is 21.6 Å². The quantitative estimate of drug-likeness (QED) is 0.647. The van der Waals surface area contributed by atoms with Crippen LogP contribution >= 0.6 is 11.6 Å². The minimum absolute atomic E-state index is 0.0803. The van der Waals surface area contributed by atoms with Gasteiger partial charge in [0.25, 0.3) is 0 Å². The van der Waals surface area contributed by atoms with Gasteiger partial charge in [0.1, 0.15) is 4.90 Å². The first-order valence-electron chi connectivity index (χ1n) is 5.23. The van der Waals surface area contributed by atoms with Crippen molar-refractivity contribution < 1.29 is 21.6 Å². The topological polar surface area (TPSA) is 72.2 Å². The van der Waals surface area contributed by atoms with Crippen LogP contribution in [0.2, 0.25) is 5.02 Å². The standard InChI is InChI=1S/C10H12ClF3N2O2S/c11-8-6-7(15)2-3-9(8)19(17,18)16-5-1-4-10(12,13)14/h2-3,6,16H,1,4-5,15H2. The lowest BCUT2D eigenvalue weighted by Gasteiger charge is -2.09. The molecule has 1 aromatic carbocycles. The normalized spacial score (nSPS) is 12.6. The Balaban J connectivity index is 2.66. The van der Waals surface area contributed by atoms with Crippen molar-refractivity contribution >= 4 is 27.3 Å². The van der Waals surface area contributed by atoms with Crippen LogP contribution < -0.4 is 10.5 Å². The van der Waals surface area contributed by atoms with E-state index in [4.69, 9.17) is 17.3 Å². The number of benzene rings is 1. The predicted octanol–water partition coefficient (Wildman–Crippen LogP) is 2.54. The highest BCUT2D eigenvalue weighted by atomic mass is 35.5.